The minimum Gasteiger partial charge on any atom is -0.337 e. The minimum atomic E-state index is 0.105. The van der Waals surface area contributed by atoms with E-state index in [9.17, 15) is 4.79 Å². The molecule has 1 aromatic heterocycles. The lowest BCUT2D eigenvalue weighted by Crippen LogP contribution is -2.47. The van der Waals surface area contributed by atoms with E-state index >= 15 is 0 Å². The third kappa shape index (κ3) is 2.83. The predicted molar refractivity (Wildman–Crippen MR) is 89.2 cm³/mol. The Morgan fingerprint density at radius 3 is 2.91 bits per heavy atom. The van der Waals surface area contributed by atoms with Crippen molar-refractivity contribution in [2.75, 3.05) is 20.1 Å². The first-order chi connectivity index (χ1) is 10.6. The Morgan fingerprint density at radius 1 is 1.32 bits per heavy atom. The van der Waals surface area contributed by atoms with Gasteiger partial charge in [-0.3, -0.25) is 9.78 Å². The number of nitrogens with one attached hydrogen (secondary N) is 1. The van der Waals surface area contributed by atoms with Crippen molar-refractivity contribution in [1.29, 1.82) is 0 Å². The van der Waals surface area contributed by atoms with Crippen LogP contribution in [-0.4, -0.2) is 42.0 Å². The number of aromatic nitrogens is 1. The van der Waals surface area contributed by atoms with Crippen LogP contribution in [-0.2, 0) is 0 Å². The van der Waals surface area contributed by atoms with E-state index in [0.717, 1.165) is 48.1 Å². The molecule has 0 aliphatic carbocycles. The maximum absolute atomic E-state index is 12.9. The first-order valence-corrected chi connectivity index (χ1v) is 7.93. The zero-order valence-electron chi connectivity index (χ0n) is 13.5. The van der Waals surface area contributed by atoms with E-state index in [2.05, 4.69) is 29.4 Å². The second-order valence-electron chi connectivity index (χ2n) is 6.20. The molecule has 4 nitrogen and oxygen atoms in total. The third-order valence-corrected chi connectivity index (χ3v) is 4.51. The van der Waals surface area contributed by atoms with Crippen LogP contribution < -0.4 is 5.32 Å². The van der Waals surface area contributed by atoms with Crippen LogP contribution in [0.4, 0.5) is 0 Å². The van der Waals surface area contributed by atoms with Crippen LogP contribution in [0, 0.1) is 13.8 Å². The Morgan fingerprint density at radius 2 is 2.14 bits per heavy atom. The highest BCUT2D eigenvalue weighted by Gasteiger charge is 2.25. The van der Waals surface area contributed by atoms with Crippen molar-refractivity contribution >= 4 is 16.8 Å². The largest absolute Gasteiger partial charge is 0.337 e. The SMILES string of the molecule is CNC1CCCN(C(=O)c2cc3cc(C)ccc3nc2C)C1. The van der Waals surface area contributed by atoms with Crippen molar-refractivity contribution in [2.45, 2.75) is 32.7 Å². The quantitative estimate of drug-likeness (QED) is 0.927. The molecule has 1 saturated heterocycles. The standard InChI is InChI=1S/C18H23N3O/c1-12-6-7-17-14(9-12)10-16(13(2)20-17)18(22)21-8-4-5-15(11-21)19-3/h6-7,9-10,15,19H,4-5,8,11H2,1-3H3. The molecule has 0 radical (unpaired) electrons. The number of hydrogen-bond donors (Lipinski definition) is 1. The first kappa shape index (κ1) is 15.0. The fraction of sp³-hybridized carbons (Fsp3) is 0.444. The number of fused-ring (bicyclic) bond motifs is 1. The van der Waals surface area contributed by atoms with E-state index in [0.29, 0.717) is 6.04 Å². The van der Waals surface area contributed by atoms with Gasteiger partial charge >= 0.3 is 0 Å². The summed E-state index contributed by atoms with van der Waals surface area (Å²) in [6.07, 6.45) is 2.19. The van der Waals surface area contributed by atoms with Gasteiger partial charge in [0.15, 0.2) is 0 Å². The van der Waals surface area contributed by atoms with Gasteiger partial charge in [0.05, 0.1) is 16.8 Å². The Hall–Kier alpha value is -1.94. The normalized spacial score (nSPS) is 18.7. The van der Waals surface area contributed by atoms with E-state index in [4.69, 9.17) is 0 Å². The van der Waals surface area contributed by atoms with Gasteiger partial charge in [-0.25, -0.2) is 0 Å². The molecule has 2 heterocycles. The Bertz CT molecular complexity index is 711. The van der Waals surface area contributed by atoms with Gasteiger partial charge in [-0.15, -0.1) is 0 Å². The fourth-order valence-electron chi connectivity index (χ4n) is 3.18. The van der Waals surface area contributed by atoms with E-state index in [1.165, 1.54) is 5.56 Å². The first-order valence-electron chi connectivity index (χ1n) is 7.93. The van der Waals surface area contributed by atoms with Gasteiger partial charge in [-0.05, 0) is 51.9 Å². The van der Waals surface area contributed by atoms with E-state index in [1.807, 2.05) is 31.0 Å². The number of carbonyl (C=O) groups is 1. The lowest BCUT2D eigenvalue weighted by Gasteiger charge is -2.32. The van der Waals surface area contributed by atoms with Gasteiger partial charge in [-0.1, -0.05) is 11.6 Å². The number of aryl methyl sites for hydroxylation is 2. The molecular weight excluding hydrogens is 274 g/mol. The van der Waals surface area contributed by atoms with Gasteiger partial charge < -0.3 is 10.2 Å². The number of amides is 1. The van der Waals surface area contributed by atoms with Crippen molar-refractivity contribution < 1.29 is 4.79 Å². The number of likely N-dealkylation sites (tertiary alicyclic amines) is 1. The molecule has 1 atom stereocenters. The maximum atomic E-state index is 12.9. The topological polar surface area (TPSA) is 45.2 Å². The summed E-state index contributed by atoms with van der Waals surface area (Å²) in [4.78, 5) is 19.4. The van der Waals surface area contributed by atoms with Crippen molar-refractivity contribution in [2.24, 2.45) is 0 Å². The summed E-state index contributed by atoms with van der Waals surface area (Å²) in [5.41, 5.74) is 3.68. The molecule has 0 saturated carbocycles. The van der Waals surface area contributed by atoms with Crippen LogP contribution >= 0.6 is 0 Å². The molecule has 1 aliphatic rings. The number of benzene rings is 1. The Balaban J connectivity index is 1.94. The smallest absolute Gasteiger partial charge is 0.255 e. The lowest BCUT2D eigenvalue weighted by molar-refractivity contribution is 0.0697. The zero-order chi connectivity index (χ0) is 15.7. The maximum Gasteiger partial charge on any atom is 0.255 e. The summed E-state index contributed by atoms with van der Waals surface area (Å²) in [6, 6.07) is 8.55. The van der Waals surface area contributed by atoms with Gasteiger partial charge in [0.1, 0.15) is 0 Å². The molecule has 1 amide bonds. The predicted octanol–water partition coefficient (Wildman–Crippen LogP) is 2.68. The molecule has 1 N–H and O–H groups in total. The van der Waals surface area contributed by atoms with E-state index in [1.54, 1.807) is 0 Å². The Labute approximate surface area is 131 Å². The highest BCUT2D eigenvalue weighted by molar-refractivity contribution is 5.98. The second kappa shape index (κ2) is 6.05. The van der Waals surface area contributed by atoms with Crippen LogP contribution in [0.1, 0.15) is 34.5 Å². The van der Waals surface area contributed by atoms with Crippen molar-refractivity contribution in [3.63, 3.8) is 0 Å². The summed E-state index contributed by atoms with van der Waals surface area (Å²) in [6.45, 7) is 5.60. The van der Waals surface area contributed by atoms with Crippen LogP contribution in [0.25, 0.3) is 10.9 Å². The van der Waals surface area contributed by atoms with Crippen LogP contribution in [0.2, 0.25) is 0 Å². The molecule has 3 rings (SSSR count). The fourth-order valence-corrected chi connectivity index (χ4v) is 3.18. The van der Waals surface area contributed by atoms with E-state index in [-0.39, 0.29) is 5.91 Å². The molecule has 1 aromatic carbocycles. The molecule has 1 fully saturated rings. The molecule has 116 valence electrons. The molecule has 1 unspecified atom stereocenters. The lowest BCUT2D eigenvalue weighted by atomic mass is 10.0. The average Bonchev–Trinajstić information content (AvgIpc) is 2.54. The summed E-state index contributed by atoms with van der Waals surface area (Å²) in [5, 5.41) is 4.32. The number of likely N-dealkylation sites (N-methyl/N-ethyl adjacent to an activating group) is 1. The van der Waals surface area contributed by atoms with Crippen LogP contribution in [0.15, 0.2) is 24.3 Å². The summed E-state index contributed by atoms with van der Waals surface area (Å²) in [7, 11) is 1.96. The third-order valence-electron chi connectivity index (χ3n) is 4.51. The highest BCUT2D eigenvalue weighted by Crippen LogP contribution is 2.21. The molecule has 0 spiro atoms. The Kier molecular flexibility index (Phi) is 4.12. The molecule has 22 heavy (non-hydrogen) atoms. The van der Waals surface area contributed by atoms with Crippen LogP contribution in [0.5, 0.6) is 0 Å². The van der Waals surface area contributed by atoms with Crippen LogP contribution in [0.3, 0.4) is 0 Å². The average molecular weight is 297 g/mol. The highest BCUT2D eigenvalue weighted by atomic mass is 16.2. The minimum absolute atomic E-state index is 0.105. The summed E-state index contributed by atoms with van der Waals surface area (Å²) < 4.78 is 0. The van der Waals surface area contributed by atoms with Gasteiger partial charge in [-0.2, -0.15) is 0 Å². The second-order valence-corrected chi connectivity index (χ2v) is 6.20. The van der Waals surface area contributed by atoms with E-state index < -0.39 is 0 Å². The molecule has 0 bridgehead atoms. The molecule has 2 aromatic rings. The molecular formula is C18H23N3O. The summed E-state index contributed by atoms with van der Waals surface area (Å²) >= 11 is 0. The number of rotatable bonds is 2. The van der Waals surface area contributed by atoms with Crippen molar-refractivity contribution in [1.82, 2.24) is 15.2 Å². The van der Waals surface area contributed by atoms with Crippen molar-refractivity contribution in [3.8, 4) is 0 Å². The van der Waals surface area contributed by atoms with Gasteiger partial charge in [0.2, 0.25) is 0 Å². The monoisotopic (exact) mass is 297 g/mol. The van der Waals surface area contributed by atoms with Gasteiger partial charge in [0, 0.05) is 24.5 Å². The van der Waals surface area contributed by atoms with Crippen molar-refractivity contribution in [3.05, 3.63) is 41.1 Å². The molecule has 4 heteroatoms. The number of piperidine rings is 1. The number of nitrogens with zero attached hydrogens (tertiary/aromatic N) is 2. The zero-order valence-corrected chi connectivity index (χ0v) is 13.5. The molecule has 1 aliphatic heterocycles. The van der Waals surface area contributed by atoms with Gasteiger partial charge in [0.25, 0.3) is 5.91 Å². The summed E-state index contributed by atoms with van der Waals surface area (Å²) in [5.74, 6) is 0.105. The number of carbonyl (C=O) groups excluding carboxylic acids is 1. The number of pyridine rings is 1. The number of hydrogen-bond acceptors (Lipinski definition) is 3.